The normalized spacial score (nSPS) is 10.4. The van der Waals surface area contributed by atoms with E-state index in [4.69, 9.17) is 16.3 Å². The highest BCUT2D eigenvalue weighted by Crippen LogP contribution is 2.16. The van der Waals surface area contributed by atoms with Crippen LogP contribution in [0.3, 0.4) is 0 Å². The second-order valence-electron chi connectivity index (χ2n) is 5.86. The first-order valence-electron chi connectivity index (χ1n) is 8.44. The number of halogens is 1. The first-order valence-corrected chi connectivity index (χ1v) is 8.82. The standard InChI is InChI=1S/C19H20ClN5O2/c1-24(10-11-27-17-5-2-4-16(20)12-17)19(26)22-14-15-6-7-18(21-13-15)25-9-3-8-23-25/h2-9,12-13H,10-11,14H2,1H3,(H,22,26). The van der Waals surface area contributed by atoms with E-state index >= 15 is 0 Å². The van der Waals surface area contributed by atoms with E-state index in [1.165, 1.54) is 0 Å². The third-order valence-electron chi connectivity index (χ3n) is 3.83. The lowest BCUT2D eigenvalue weighted by atomic mass is 10.3. The van der Waals surface area contributed by atoms with Gasteiger partial charge in [0.25, 0.3) is 0 Å². The first-order chi connectivity index (χ1) is 13.1. The topological polar surface area (TPSA) is 72.3 Å². The first kappa shape index (κ1) is 18.7. The van der Waals surface area contributed by atoms with Gasteiger partial charge in [0, 0.05) is 37.2 Å². The summed E-state index contributed by atoms with van der Waals surface area (Å²) in [7, 11) is 1.72. The summed E-state index contributed by atoms with van der Waals surface area (Å²) in [6, 6.07) is 12.6. The highest BCUT2D eigenvalue weighted by Gasteiger charge is 2.08. The van der Waals surface area contributed by atoms with Gasteiger partial charge in [-0.2, -0.15) is 5.10 Å². The van der Waals surface area contributed by atoms with Crippen LogP contribution in [0, 0.1) is 0 Å². The number of rotatable bonds is 7. The Labute approximate surface area is 162 Å². The predicted octanol–water partition coefficient (Wildman–Crippen LogP) is 3.14. The summed E-state index contributed by atoms with van der Waals surface area (Å²) >= 11 is 5.91. The van der Waals surface area contributed by atoms with Crippen LogP contribution in [0.4, 0.5) is 4.79 Å². The summed E-state index contributed by atoms with van der Waals surface area (Å²) < 4.78 is 7.27. The van der Waals surface area contributed by atoms with Gasteiger partial charge in [0.15, 0.2) is 5.82 Å². The molecule has 3 rings (SSSR count). The number of ether oxygens (including phenoxy) is 1. The van der Waals surface area contributed by atoms with Crippen molar-refractivity contribution in [1.29, 1.82) is 0 Å². The molecular formula is C19H20ClN5O2. The SMILES string of the molecule is CN(CCOc1cccc(Cl)c1)C(=O)NCc1ccc(-n2cccn2)nc1. The molecule has 0 atom stereocenters. The summed E-state index contributed by atoms with van der Waals surface area (Å²) in [5.41, 5.74) is 0.905. The van der Waals surface area contributed by atoms with E-state index in [2.05, 4.69) is 15.4 Å². The van der Waals surface area contributed by atoms with E-state index in [0.29, 0.717) is 30.5 Å². The van der Waals surface area contributed by atoms with Crippen LogP contribution < -0.4 is 10.1 Å². The van der Waals surface area contributed by atoms with Gasteiger partial charge in [-0.15, -0.1) is 0 Å². The van der Waals surface area contributed by atoms with Crippen molar-refractivity contribution in [3.05, 3.63) is 71.6 Å². The lowest BCUT2D eigenvalue weighted by Gasteiger charge is -2.18. The number of urea groups is 1. The molecule has 0 saturated carbocycles. The summed E-state index contributed by atoms with van der Waals surface area (Å²) in [4.78, 5) is 18.1. The second-order valence-corrected chi connectivity index (χ2v) is 6.30. The zero-order valence-corrected chi connectivity index (χ0v) is 15.6. The zero-order chi connectivity index (χ0) is 19.1. The third-order valence-corrected chi connectivity index (χ3v) is 4.07. The Morgan fingerprint density at radius 3 is 2.89 bits per heavy atom. The van der Waals surface area contributed by atoms with Gasteiger partial charge in [-0.05, 0) is 35.9 Å². The fourth-order valence-corrected chi connectivity index (χ4v) is 2.51. The molecule has 140 valence electrons. The third kappa shape index (κ3) is 5.46. The van der Waals surface area contributed by atoms with Gasteiger partial charge >= 0.3 is 6.03 Å². The fourth-order valence-electron chi connectivity index (χ4n) is 2.33. The molecule has 0 fully saturated rings. The van der Waals surface area contributed by atoms with Gasteiger partial charge in [0.2, 0.25) is 0 Å². The second kappa shape index (κ2) is 9.05. The van der Waals surface area contributed by atoms with Crippen LogP contribution in [0.1, 0.15) is 5.56 Å². The summed E-state index contributed by atoms with van der Waals surface area (Å²) in [6.45, 7) is 1.23. The molecule has 0 unspecified atom stereocenters. The van der Waals surface area contributed by atoms with Crippen LogP contribution in [-0.4, -0.2) is 45.9 Å². The Balaban J connectivity index is 1.41. The Hall–Kier alpha value is -3.06. The molecule has 2 amide bonds. The highest BCUT2D eigenvalue weighted by atomic mass is 35.5. The fraction of sp³-hybridized carbons (Fsp3) is 0.211. The number of pyridine rings is 1. The van der Waals surface area contributed by atoms with Crippen molar-refractivity contribution >= 4 is 17.6 Å². The van der Waals surface area contributed by atoms with Crippen LogP contribution >= 0.6 is 11.6 Å². The Kier molecular flexibility index (Phi) is 6.27. The molecular weight excluding hydrogens is 366 g/mol. The maximum Gasteiger partial charge on any atom is 0.317 e. The van der Waals surface area contributed by atoms with Gasteiger partial charge in [-0.25, -0.2) is 14.5 Å². The van der Waals surface area contributed by atoms with Crippen LogP contribution in [-0.2, 0) is 6.54 Å². The van der Waals surface area contributed by atoms with Crippen molar-refractivity contribution in [3.63, 3.8) is 0 Å². The van der Waals surface area contributed by atoms with Gasteiger partial charge in [-0.1, -0.05) is 23.7 Å². The number of aromatic nitrogens is 3. The van der Waals surface area contributed by atoms with E-state index < -0.39 is 0 Å². The summed E-state index contributed by atoms with van der Waals surface area (Å²) in [6.07, 6.45) is 5.24. The van der Waals surface area contributed by atoms with Crippen molar-refractivity contribution in [2.75, 3.05) is 20.2 Å². The molecule has 27 heavy (non-hydrogen) atoms. The van der Waals surface area contributed by atoms with Gasteiger partial charge in [0.1, 0.15) is 12.4 Å². The molecule has 3 aromatic rings. The smallest absolute Gasteiger partial charge is 0.317 e. The average Bonchev–Trinajstić information content (AvgIpc) is 3.21. The zero-order valence-electron chi connectivity index (χ0n) is 14.9. The molecule has 2 aromatic heterocycles. The number of hydrogen-bond donors (Lipinski definition) is 1. The molecule has 0 aliphatic rings. The minimum atomic E-state index is -0.180. The van der Waals surface area contributed by atoms with Crippen LogP contribution in [0.2, 0.25) is 5.02 Å². The maximum atomic E-state index is 12.2. The van der Waals surface area contributed by atoms with Crippen LogP contribution in [0.15, 0.2) is 61.1 Å². The summed E-state index contributed by atoms with van der Waals surface area (Å²) in [5, 5.41) is 7.60. The number of carbonyl (C=O) groups excluding carboxylic acids is 1. The quantitative estimate of drug-likeness (QED) is 0.678. The molecule has 0 spiro atoms. The van der Waals surface area contributed by atoms with Gasteiger partial charge in [0.05, 0.1) is 6.54 Å². The average molecular weight is 386 g/mol. The van der Waals surface area contributed by atoms with Crippen molar-refractivity contribution in [2.45, 2.75) is 6.54 Å². The number of nitrogens with zero attached hydrogens (tertiary/aromatic N) is 4. The molecule has 1 N–H and O–H groups in total. The molecule has 0 bridgehead atoms. The van der Waals surface area contributed by atoms with Crippen molar-refractivity contribution < 1.29 is 9.53 Å². The van der Waals surface area contributed by atoms with Crippen molar-refractivity contribution in [1.82, 2.24) is 25.0 Å². The number of likely N-dealkylation sites (N-methyl/N-ethyl adjacent to an activating group) is 1. The Bertz CT molecular complexity index is 868. The van der Waals surface area contributed by atoms with E-state index in [1.54, 1.807) is 41.2 Å². The monoisotopic (exact) mass is 385 g/mol. The lowest BCUT2D eigenvalue weighted by molar-refractivity contribution is 0.195. The Morgan fingerprint density at radius 2 is 2.19 bits per heavy atom. The number of benzene rings is 1. The van der Waals surface area contributed by atoms with Crippen molar-refractivity contribution in [3.8, 4) is 11.6 Å². The van der Waals surface area contributed by atoms with E-state index in [1.807, 2.05) is 36.5 Å². The minimum Gasteiger partial charge on any atom is -0.492 e. The van der Waals surface area contributed by atoms with Gasteiger partial charge in [-0.3, -0.25) is 0 Å². The predicted molar refractivity (Wildman–Crippen MR) is 103 cm³/mol. The molecule has 2 heterocycles. The molecule has 1 aromatic carbocycles. The van der Waals surface area contributed by atoms with Crippen LogP contribution in [0.5, 0.6) is 5.75 Å². The molecule has 0 aliphatic heterocycles. The lowest BCUT2D eigenvalue weighted by Crippen LogP contribution is -2.39. The molecule has 8 heteroatoms. The molecule has 0 aliphatic carbocycles. The van der Waals surface area contributed by atoms with Crippen molar-refractivity contribution in [2.24, 2.45) is 0 Å². The van der Waals surface area contributed by atoms with Gasteiger partial charge < -0.3 is 15.0 Å². The number of amides is 2. The highest BCUT2D eigenvalue weighted by molar-refractivity contribution is 6.30. The van der Waals surface area contributed by atoms with E-state index in [9.17, 15) is 4.79 Å². The minimum absolute atomic E-state index is 0.180. The molecule has 0 saturated heterocycles. The number of carbonyl (C=O) groups is 1. The van der Waals surface area contributed by atoms with E-state index in [-0.39, 0.29) is 6.03 Å². The van der Waals surface area contributed by atoms with Crippen LogP contribution in [0.25, 0.3) is 5.82 Å². The molecule has 7 nitrogen and oxygen atoms in total. The summed E-state index contributed by atoms with van der Waals surface area (Å²) in [5.74, 6) is 1.41. The molecule has 0 radical (unpaired) electrons. The maximum absolute atomic E-state index is 12.2. The van der Waals surface area contributed by atoms with E-state index in [0.717, 1.165) is 11.4 Å². The number of hydrogen-bond acceptors (Lipinski definition) is 4. The Morgan fingerprint density at radius 1 is 1.30 bits per heavy atom. The largest absolute Gasteiger partial charge is 0.492 e. The number of nitrogens with one attached hydrogen (secondary N) is 1.